The van der Waals surface area contributed by atoms with Crippen LogP contribution in [0.15, 0.2) is 54.6 Å². The average molecular weight is 470 g/mol. The predicted octanol–water partition coefficient (Wildman–Crippen LogP) is 4.25. The third kappa shape index (κ3) is 2.92. The van der Waals surface area contributed by atoms with Crippen LogP contribution in [-0.2, 0) is 9.59 Å². The van der Waals surface area contributed by atoms with Gasteiger partial charge < -0.3 is 9.47 Å². The molecule has 6 heteroatoms. The van der Waals surface area contributed by atoms with E-state index in [1.807, 2.05) is 24.3 Å². The lowest BCUT2D eigenvalue weighted by Crippen LogP contribution is -2.40. The van der Waals surface area contributed by atoms with Crippen LogP contribution in [-0.4, -0.2) is 31.8 Å². The number of Topliss-reactive ketones (excluding diaryl/α,β-unsaturated/α-hetero) is 1. The van der Waals surface area contributed by atoms with Crippen LogP contribution in [0, 0.1) is 41.4 Å². The molecule has 35 heavy (non-hydrogen) atoms. The van der Waals surface area contributed by atoms with Crippen LogP contribution in [0.2, 0.25) is 0 Å². The number of rotatable bonds is 6. The summed E-state index contributed by atoms with van der Waals surface area (Å²) < 4.78 is 10.6. The summed E-state index contributed by atoms with van der Waals surface area (Å²) in [5, 5.41) is 0. The van der Waals surface area contributed by atoms with Crippen molar-refractivity contribution in [2.45, 2.75) is 18.8 Å². The van der Waals surface area contributed by atoms with E-state index < -0.39 is 0 Å². The minimum Gasteiger partial charge on any atom is -0.493 e. The summed E-state index contributed by atoms with van der Waals surface area (Å²) in [5.74, 6) is 2.50. The van der Waals surface area contributed by atoms with E-state index >= 15 is 0 Å². The van der Waals surface area contributed by atoms with E-state index in [0.29, 0.717) is 34.6 Å². The molecule has 0 aromatic heterocycles. The van der Waals surface area contributed by atoms with Crippen LogP contribution in [0.1, 0.15) is 34.7 Å². The third-order valence-electron chi connectivity index (χ3n) is 9.04. The maximum atomic E-state index is 13.3. The van der Waals surface area contributed by atoms with E-state index in [-0.39, 0.29) is 53.1 Å². The number of hydrogen-bond donors (Lipinski definition) is 0. The van der Waals surface area contributed by atoms with E-state index in [9.17, 15) is 14.4 Å². The summed E-state index contributed by atoms with van der Waals surface area (Å²) in [6.07, 6.45) is 6.34. The van der Waals surface area contributed by atoms with Crippen molar-refractivity contribution in [1.29, 1.82) is 0 Å². The number of benzene rings is 2. The van der Waals surface area contributed by atoms with Crippen LogP contribution in [0.5, 0.6) is 11.5 Å². The van der Waals surface area contributed by atoms with Crippen molar-refractivity contribution in [2.75, 3.05) is 19.1 Å². The molecule has 0 N–H and O–H groups in total. The Balaban J connectivity index is 1.08. The first kappa shape index (κ1) is 20.9. The number of amides is 2. The molecule has 2 aromatic carbocycles. The highest BCUT2D eigenvalue weighted by molar-refractivity contribution is 6.22. The minimum absolute atomic E-state index is 0.0367. The predicted molar refractivity (Wildman–Crippen MR) is 128 cm³/mol. The monoisotopic (exact) mass is 469 g/mol. The SMILES string of the molecule is COc1ccc(C(=O)C2CC2c2ccc(N3C(=O)C4C5C=CC(C6CC56)C4C3=O)cc2)cc1OC. The molecule has 2 bridgehead atoms. The number of ketones is 1. The van der Waals surface area contributed by atoms with E-state index in [0.717, 1.165) is 18.4 Å². The van der Waals surface area contributed by atoms with Gasteiger partial charge in [-0.05, 0) is 78.3 Å². The van der Waals surface area contributed by atoms with Crippen molar-refractivity contribution in [1.82, 2.24) is 0 Å². The van der Waals surface area contributed by atoms with Gasteiger partial charge in [-0.3, -0.25) is 19.3 Å². The van der Waals surface area contributed by atoms with E-state index in [1.165, 1.54) is 4.90 Å². The van der Waals surface area contributed by atoms with Gasteiger partial charge in [-0.1, -0.05) is 24.3 Å². The Morgan fingerprint density at radius 1 is 0.829 bits per heavy atom. The second-order valence-electron chi connectivity index (χ2n) is 10.6. The number of nitrogens with zero attached hydrogens (tertiary/aromatic N) is 1. The van der Waals surface area contributed by atoms with E-state index in [1.54, 1.807) is 32.4 Å². The van der Waals surface area contributed by atoms with Crippen molar-refractivity contribution in [2.24, 2.45) is 41.4 Å². The first-order valence-corrected chi connectivity index (χ1v) is 12.4. The highest BCUT2D eigenvalue weighted by atomic mass is 16.5. The Morgan fingerprint density at radius 2 is 1.46 bits per heavy atom. The second-order valence-corrected chi connectivity index (χ2v) is 10.6. The summed E-state index contributed by atoms with van der Waals surface area (Å²) in [6, 6.07) is 12.9. The zero-order chi connectivity index (χ0) is 24.0. The van der Waals surface area contributed by atoms with Gasteiger partial charge in [-0.25, -0.2) is 0 Å². The molecule has 2 amide bonds. The fourth-order valence-electron chi connectivity index (χ4n) is 7.14. The van der Waals surface area contributed by atoms with Crippen molar-refractivity contribution in [3.05, 3.63) is 65.7 Å². The molecule has 2 aromatic rings. The Hall–Kier alpha value is -3.41. The summed E-state index contributed by atoms with van der Waals surface area (Å²) in [5.41, 5.74) is 2.32. The number of allylic oxidation sites excluding steroid dienone is 2. The average Bonchev–Trinajstić information content (AvgIpc) is 3.81. The number of carbonyl (C=O) groups is 3. The molecule has 178 valence electrons. The summed E-state index contributed by atoms with van der Waals surface area (Å²) in [4.78, 5) is 41.2. The third-order valence-corrected chi connectivity index (χ3v) is 9.04. The van der Waals surface area contributed by atoms with Crippen LogP contribution in [0.25, 0.3) is 0 Å². The van der Waals surface area contributed by atoms with Gasteiger partial charge in [0.1, 0.15) is 0 Å². The molecule has 8 rings (SSSR count). The molecular formula is C29H27NO5. The van der Waals surface area contributed by atoms with Gasteiger partial charge in [-0.2, -0.15) is 0 Å². The normalized spacial score (nSPS) is 35.5. The van der Waals surface area contributed by atoms with Crippen LogP contribution in [0.3, 0.4) is 0 Å². The topological polar surface area (TPSA) is 72.9 Å². The fraction of sp³-hybridized carbons (Fsp3) is 0.414. The first-order chi connectivity index (χ1) is 17.0. The van der Waals surface area contributed by atoms with E-state index in [2.05, 4.69) is 12.2 Å². The Morgan fingerprint density at radius 3 is 2.06 bits per heavy atom. The maximum absolute atomic E-state index is 13.3. The molecule has 0 spiro atoms. The van der Waals surface area contributed by atoms with Gasteiger partial charge in [0.15, 0.2) is 17.3 Å². The van der Waals surface area contributed by atoms with Gasteiger partial charge in [0, 0.05) is 11.5 Å². The highest BCUT2D eigenvalue weighted by Crippen LogP contribution is 2.65. The van der Waals surface area contributed by atoms with Gasteiger partial charge in [0.2, 0.25) is 11.8 Å². The zero-order valence-electron chi connectivity index (χ0n) is 19.7. The molecule has 5 aliphatic carbocycles. The van der Waals surface area contributed by atoms with E-state index in [4.69, 9.17) is 9.47 Å². The molecule has 8 atom stereocenters. The molecule has 3 saturated carbocycles. The molecule has 4 fully saturated rings. The molecule has 6 aliphatic rings. The van der Waals surface area contributed by atoms with Crippen LogP contribution < -0.4 is 14.4 Å². The summed E-state index contributed by atoms with van der Waals surface area (Å²) in [7, 11) is 3.13. The highest BCUT2D eigenvalue weighted by Gasteiger charge is 2.67. The standard InChI is InChI=1S/C29H27NO5/c1-34-23-10-5-15(11-24(23)35-2)27(31)22-12-19(22)14-3-6-16(7-4-14)30-28(32)25-17-8-9-18(21-13-20(17)21)26(25)29(30)33/h3-11,17-22,25-26H,12-13H2,1-2H3. The lowest BCUT2D eigenvalue weighted by molar-refractivity contribution is -0.124. The molecule has 8 unspecified atom stereocenters. The van der Waals surface area contributed by atoms with Gasteiger partial charge in [0.05, 0.1) is 31.7 Å². The van der Waals surface area contributed by atoms with Crippen molar-refractivity contribution in [3.63, 3.8) is 0 Å². The number of imide groups is 1. The van der Waals surface area contributed by atoms with Crippen LogP contribution >= 0.6 is 0 Å². The Kier molecular flexibility index (Phi) is 4.36. The van der Waals surface area contributed by atoms with Crippen LogP contribution in [0.4, 0.5) is 5.69 Å². The van der Waals surface area contributed by atoms with Gasteiger partial charge in [-0.15, -0.1) is 0 Å². The first-order valence-electron chi connectivity index (χ1n) is 12.4. The number of anilines is 1. The number of ether oxygens (including phenoxy) is 2. The zero-order valence-corrected chi connectivity index (χ0v) is 19.7. The number of carbonyl (C=O) groups excluding carboxylic acids is 3. The fourth-order valence-corrected chi connectivity index (χ4v) is 7.14. The molecule has 1 aliphatic heterocycles. The van der Waals surface area contributed by atoms with Gasteiger partial charge in [0.25, 0.3) is 0 Å². The molecule has 6 nitrogen and oxygen atoms in total. The number of hydrogen-bond acceptors (Lipinski definition) is 5. The van der Waals surface area contributed by atoms with Crippen molar-refractivity contribution >= 4 is 23.3 Å². The largest absolute Gasteiger partial charge is 0.493 e. The van der Waals surface area contributed by atoms with Crippen molar-refractivity contribution in [3.8, 4) is 11.5 Å². The molecule has 0 radical (unpaired) electrons. The van der Waals surface area contributed by atoms with Crippen molar-refractivity contribution < 1.29 is 23.9 Å². The Labute approximate surface area is 203 Å². The van der Waals surface area contributed by atoms with Gasteiger partial charge >= 0.3 is 0 Å². The lowest BCUT2D eigenvalue weighted by atomic mass is 9.63. The maximum Gasteiger partial charge on any atom is 0.238 e. The molecule has 1 saturated heterocycles. The molecule has 1 heterocycles. The smallest absolute Gasteiger partial charge is 0.238 e. The quantitative estimate of drug-likeness (QED) is 0.359. The summed E-state index contributed by atoms with van der Waals surface area (Å²) in [6.45, 7) is 0. The number of methoxy groups -OCH3 is 2. The second kappa shape index (κ2) is 7.30. The Bertz CT molecular complexity index is 1260. The molecular weight excluding hydrogens is 442 g/mol. The minimum atomic E-state index is -0.187. The summed E-state index contributed by atoms with van der Waals surface area (Å²) >= 11 is 0. The lowest BCUT2D eigenvalue weighted by Gasteiger charge is -2.37.